The molecule has 0 aromatic carbocycles. The molecule has 1 aliphatic heterocycles. The normalized spacial score (nSPS) is 18.5. The summed E-state index contributed by atoms with van der Waals surface area (Å²) >= 11 is 0. The molecule has 0 unspecified atom stereocenters. The molecule has 0 saturated carbocycles. The van der Waals surface area contributed by atoms with Gasteiger partial charge >= 0.3 is 0 Å². The van der Waals surface area contributed by atoms with Crippen LogP contribution in [0.1, 0.15) is 0 Å². The zero-order valence-corrected chi connectivity index (χ0v) is 8.26. The molecule has 2 rings (SSSR count). The minimum absolute atomic E-state index is 0.663. The van der Waals surface area contributed by atoms with E-state index in [2.05, 4.69) is 20.9 Å². The monoisotopic (exact) mass is 189 g/mol. The summed E-state index contributed by atoms with van der Waals surface area (Å²) in [5, 5.41) is 0. The Kier molecular flexibility index (Phi) is 2.99. The van der Waals surface area contributed by atoms with Crippen molar-refractivity contribution in [1.82, 2.24) is 9.88 Å². The molecule has 0 N–H and O–H groups in total. The number of rotatable bonds is 2. The van der Waals surface area contributed by atoms with Crippen LogP contribution < -0.4 is 4.90 Å². The SMILES string of the molecule is [CH]CN1CCN(c2ccccn2)CC1. The van der Waals surface area contributed by atoms with E-state index < -0.39 is 0 Å². The quantitative estimate of drug-likeness (QED) is 0.689. The van der Waals surface area contributed by atoms with Crippen LogP contribution in [0.2, 0.25) is 0 Å². The van der Waals surface area contributed by atoms with Crippen molar-refractivity contribution in [2.24, 2.45) is 0 Å². The number of pyridine rings is 1. The van der Waals surface area contributed by atoms with Gasteiger partial charge in [0.15, 0.2) is 0 Å². The molecule has 0 aliphatic carbocycles. The van der Waals surface area contributed by atoms with Gasteiger partial charge in [0.1, 0.15) is 5.82 Å². The summed E-state index contributed by atoms with van der Waals surface area (Å²) in [6.07, 6.45) is 1.84. The summed E-state index contributed by atoms with van der Waals surface area (Å²) in [5.74, 6) is 1.07. The first kappa shape index (κ1) is 9.46. The molecular formula is C11H15N3. The van der Waals surface area contributed by atoms with E-state index in [1.807, 2.05) is 18.3 Å². The van der Waals surface area contributed by atoms with Crippen molar-refractivity contribution in [2.75, 3.05) is 37.6 Å². The molecule has 0 spiro atoms. The molecule has 3 nitrogen and oxygen atoms in total. The molecule has 1 aromatic rings. The van der Waals surface area contributed by atoms with Crippen LogP contribution in [0.4, 0.5) is 5.82 Å². The summed E-state index contributed by atoms with van der Waals surface area (Å²) in [6.45, 7) is 10.4. The fourth-order valence-electron chi connectivity index (χ4n) is 1.70. The first-order chi connectivity index (χ1) is 6.90. The molecule has 1 saturated heterocycles. The van der Waals surface area contributed by atoms with Gasteiger partial charge in [-0.3, -0.25) is 4.90 Å². The van der Waals surface area contributed by atoms with Gasteiger partial charge in [0.05, 0.1) is 0 Å². The second-order valence-corrected chi connectivity index (χ2v) is 3.48. The van der Waals surface area contributed by atoms with Crippen LogP contribution in [-0.2, 0) is 0 Å². The van der Waals surface area contributed by atoms with Gasteiger partial charge in [0.25, 0.3) is 0 Å². The Labute approximate surface area is 85.4 Å². The van der Waals surface area contributed by atoms with Crippen LogP contribution in [0.3, 0.4) is 0 Å². The third-order valence-electron chi connectivity index (χ3n) is 2.60. The topological polar surface area (TPSA) is 19.4 Å². The van der Waals surface area contributed by atoms with E-state index in [4.69, 9.17) is 6.92 Å². The van der Waals surface area contributed by atoms with E-state index >= 15 is 0 Å². The minimum Gasteiger partial charge on any atom is -0.354 e. The van der Waals surface area contributed by atoms with Gasteiger partial charge in [-0.05, 0) is 19.1 Å². The van der Waals surface area contributed by atoms with Crippen LogP contribution in [0.15, 0.2) is 24.4 Å². The highest BCUT2D eigenvalue weighted by Gasteiger charge is 2.15. The molecule has 0 bridgehead atoms. The van der Waals surface area contributed by atoms with Gasteiger partial charge in [-0.15, -0.1) is 0 Å². The van der Waals surface area contributed by atoms with Crippen molar-refractivity contribution in [2.45, 2.75) is 0 Å². The Morgan fingerprint density at radius 3 is 2.57 bits per heavy atom. The standard InChI is InChI=1S/C11H15N3/c1-2-13-7-9-14(10-8-13)11-5-3-4-6-12-11/h1,3-6H,2,7-10H2. The van der Waals surface area contributed by atoms with Crippen LogP contribution in [0, 0.1) is 6.92 Å². The van der Waals surface area contributed by atoms with Crippen LogP contribution in [0.25, 0.3) is 0 Å². The predicted molar refractivity (Wildman–Crippen MR) is 57.2 cm³/mol. The first-order valence-corrected chi connectivity index (χ1v) is 4.98. The predicted octanol–water partition coefficient (Wildman–Crippen LogP) is 0.915. The van der Waals surface area contributed by atoms with Gasteiger partial charge in [-0.1, -0.05) is 6.07 Å². The van der Waals surface area contributed by atoms with E-state index in [1.54, 1.807) is 0 Å². The summed E-state index contributed by atoms with van der Waals surface area (Å²) in [5.41, 5.74) is 0. The fourth-order valence-corrected chi connectivity index (χ4v) is 1.70. The van der Waals surface area contributed by atoms with Crippen molar-refractivity contribution < 1.29 is 0 Å². The summed E-state index contributed by atoms with van der Waals surface area (Å²) < 4.78 is 0. The summed E-state index contributed by atoms with van der Waals surface area (Å²) in [4.78, 5) is 8.88. The van der Waals surface area contributed by atoms with Crippen LogP contribution in [0.5, 0.6) is 0 Å². The number of aromatic nitrogens is 1. The molecule has 2 radical (unpaired) electrons. The molecule has 3 heteroatoms. The lowest BCUT2D eigenvalue weighted by Crippen LogP contribution is -2.46. The second-order valence-electron chi connectivity index (χ2n) is 3.48. The van der Waals surface area contributed by atoms with Gasteiger partial charge in [-0.25, -0.2) is 4.98 Å². The Bertz CT molecular complexity index is 265. The largest absolute Gasteiger partial charge is 0.354 e. The summed E-state index contributed by atoms with van der Waals surface area (Å²) in [7, 11) is 0. The number of hydrogen-bond donors (Lipinski definition) is 0. The Hall–Kier alpha value is -1.09. The van der Waals surface area contributed by atoms with Gasteiger partial charge in [-0.2, -0.15) is 0 Å². The van der Waals surface area contributed by atoms with Gasteiger partial charge < -0.3 is 4.90 Å². The van der Waals surface area contributed by atoms with Crippen LogP contribution >= 0.6 is 0 Å². The van der Waals surface area contributed by atoms with Crippen LogP contribution in [-0.4, -0.2) is 42.6 Å². The molecule has 74 valence electrons. The van der Waals surface area contributed by atoms with E-state index in [0.717, 1.165) is 32.0 Å². The molecular weight excluding hydrogens is 174 g/mol. The van der Waals surface area contributed by atoms with E-state index in [9.17, 15) is 0 Å². The van der Waals surface area contributed by atoms with Crippen molar-refractivity contribution >= 4 is 5.82 Å². The highest BCUT2D eigenvalue weighted by molar-refractivity contribution is 5.38. The van der Waals surface area contributed by atoms with Crippen molar-refractivity contribution in [1.29, 1.82) is 0 Å². The zero-order valence-electron chi connectivity index (χ0n) is 8.26. The van der Waals surface area contributed by atoms with Crippen molar-refractivity contribution in [3.63, 3.8) is 0 Å². The van der Waals surface area contributed by atoms with Crippen molar-refractivity contribution in [3.05, 3.63) is 31.3 Å². The average molecular weight is 189 g/mol. The maximum absolute atomic E-state index is 5.58. The maximum Gasteiger partial charge on any atom is 0.128 e. The number of hydrogen-bond acceptors (Lipinski definition) is 3. The Morgan fingerprint density at radius 2 is 2.00 bits per heavy atom. The second kappa shape index (κ2) is 4.42. The molecule has 0 atom stereocenters. The van der Waals surface area contributed by atoms with Crippen molar-refractivity contribution in [3.8, 4) is 0 Å². The minimum atomic E-state index is 0.663. The molecule has 2 heterocycles. The smallest absolute Gasteiger partial charge is 0.128 e. The molecule has 0 amide bonds. The first-order valence-electron chi connectivity index (χ1n) is 4.98. The highest BCUT2D eigenvalue weighted by Crippen LogP contribution is 2.11. The Morgan fingerprint density at radius 1 is 1.21 bits per heavy atom. The molecule has 14 heavy (non-hydrogen) atoms. The molecule has 1 aromatic heterocycles. The summed E-state index contributed by atoms with van der Waals surface area (Å²) in [6, 6.07) is 6.02. The van der Waals surface area contributed by atoms with E-state index in [1.165, 1.54) is 0 Å². The van der Waals surface area contributed by atoms with Gasteiger partial charge in [0, 0.05) is 38.9 Å². The third kappa shape index (κ3) is 2.04. The lowest BCUT2D eigenvalue weighted by atomic mass is 10.3. The van der Waals surface area contributed by atoms with E-state index in [-0.39, 0.29) is 0 Å². The zero-order chi connectivity index (χ0) is 9.80. The lowest BCUT2D eigenvalue weighted by molar-refractivity contribution is 0.282. The molecule has 1 fully saturated rings. The van der Waals surface area contributed by atoms with E-state index in [0.29, 0.717) is 6.54 Å². The Balaban J connectivity index is 1.96. The lowest BCUT2D eigenvalue weighted by Gasteiger charge is -2.34. The van der Waals surface area contributed by atoms with Gasteiger partial charge in [0.2, 0.25) is 0 Å². The fraction of sp³-hybridized carbons (Fsp3) is 0.455. The number of nitrogens with zero attached hydrogens (tertiary/aromatic N) is 3. The maximum atomic E-state index is 5.58. The number of piperazine rings is 1. The highest BCUT2D eigenvalue weighted by atomic mass is 15.3. The molecule has 1 aliphatic rings. The number of anilines is 1. The third-order valence-corrected chi connectivity index (χ3v) is 2.60. The average Bonchev–Trinajstić information content (AvgIpc) is 2.30.